The number of nitriles is 9. The van der Waals surface area contributed by atoms with E-state index in [0.717, 1.165) is 0 Å². The number of alkyl halides is 17. The van der Waals surface area contributed by atoms with Crippen molar-refractivity contribution in [2.45, 2.75) is 82.8 Å². The lowest BCUT2D eigenvalue weighted by Crippen LogP contribution is -2.71. The van der Waals surface area contributed by atoms with Crippen LogP contribution in [0.5, 0.6) is 0 Å². The molecule has 26 heteroatoms. The molecule has 0 aromatic rings. The molecule has 272 valence electrons. The van der Waals surface area contributed by atoms with Crippen LogP contribution in [0, 0.1) is 107 Å². The Morgan fingerprint density at radius 3 is 0.469 bits per heavy atom. The maximum atomic E-state index is 13.3. The smallest absolute Gasteiger partial charge is 0.220 e. The van der Waals surface area contributed by atoms with E-state index >= 15 is 0 Å². The van der Waals surface area contributed by atoms with Crippen LogP contribution in [0.1, 0.15) is 29.7 Å². The van der Waals surface area contributed by atoms with Crippen LogP contribution in [0.3, 0.4) is 0 Å². The third-order valence-corrected chi connectivity index (χ3v) is 4.45. The molecular weight excluding hydrogens is 725 g/mol. The monoisotopic (exact) mass is 741 g/mol. The van der Waals surface area contributed by atoms with Crippen molar-refractivity contribution in [3.8, 4) is 54.6 Å². The molecule has 0 spiro atoms. The van der Waals surface area contributed by atoms with Crippen molar-refractivity contribution in [3.63, 3.8) is 0 Å². The van der Waals surface area contributed by atoms with Gasteiger partial charge in [-0.25, -0.2) is 4.39 Å². The summed E-state index contributed by atoms with van der Waals surface area (Å²) >= 11 is 0. The Kier molecular flexibility index (Phi) is 21.5. The van der Waals surface area contributed by atoms with Gasteiger partial charge in [0, 0.05) is 0 Å². The van der Waals surface area contributed by atoms with Gasteiger partial charge in [-0.05, 0) is 0 Å². The Labute approximate surface area is 265 Å². The average molecular weight is 741 g/mol. The Bertz CT molecular complexity index is 1320. The number of hydrogen-bond donors (Lipinski definition) is 0. The second kappa shape index (κ2) is 17.9. The van der Waals surface area contributed by atoms with E-state index in [2.05, 4.69) is 0 Å². The first-order chi connectivity index (χ1) is 19.8. The highest BCUT2D eigenvalue weighted by atomic mass is 19.3. The number of nitrogens with zero attached hydrogens (tertiary/aromatic N) is 9. The lowest BCUT2D eigenvalue weighted by atomic mass is 9.66. The highest BCUT2D eigenvalue weighted by Gasteiger charge is 2.92. The summed E-state index contributed by atoms with van der Waals surface area (Å²) in [5.74, 6) is -46.8. The summed E-state index contributed by atoms with van der Waals surface area (Å²) in [6.07, 6.45) is 0. The fraction of sp³-hybridized carbons (Fsp3) is 0.609. The largest absolute Gasteiger partial charge is 0.418 e. The number of hydrogen-bond acceptors (Lipinski definition) is 9. The molecule has 0 atom stereocenters. The van der Waals surface area contributed by atoms with Gasteiger partial charge in [0.1, 0.15) is 42.5 Å². The molecule has 0 aliphatic heterocycles. The summed E-state index contributed by atoms with van der Waals surface area (Å²) in [5, 5.41) is 69.8. The van der Waals surface area contributed by atoms with Gasteiger partial charge in [0.05, 0.1) is 0 Å². The molecular formula is C23H16F17N9. The summed E-state index contributed by atoms with van der Waals surface area (Å²) in [5.41, 5.74) is -12.7. The minimum Gasteiger partial charge on any atom is -0.220 e. The fourth-order valence-corrected chi connectivity index (χ4v) is 2.37. The first kappa shape index (κ1) is 58.7. The Balaban J connectivity index is -0.000000114. The van der Waals surface area contributed by atoms with Gasteiger partial charge >= 0.3 is 53.0 Å². The van der Waals surface area contributed by atoms with Crippen molar-refractivity contribution in [2.75, 3.05) is 0 Å². The van der Waals surface area contributed by atoms with Gasteiger partial charge in [-0.2, -0.15) is 118 Å². The first-order valence-electron chi connectivity index (χ1n) is 9.23. The van der Waals surface area contributed by atoms with Crippen LogP contribution >= 0.6 is 0 Å². The standard InChI is InChI=1S/C9F8N4.C7F7N3.C3F2N2.4CH4/c10-5(11,1-18)9(6(12,13)2-19,7(14,15)3-20)8(16,17)4-21;8-4(9,1-15)7(14,5(10,11)2-16)6(12,13)3-17;4-3(5,1-6)2-7;;;;/h;;;4*1H4. The molecule has 0 radical (unpaired) electrons. The molecule has 0 saturated carbocycles. The average Bonchev–Trinajstić information content (AvgIpc) is 2.96. The van der Waals surface area contributed by atoms with Gasteiger partial charge in [-0.3, -0.25) is 0 Å². The molecule has 0 fully saturated rings. The van der Waals surface area contributed by atoms with Crippen LogP contribution in [-0.4, -0.2) is 53.0 Å². The molecule has 0 aromatic carbocycles. The third kappa shape index (κ3) is 9.63. The van der Waals surface area contributed by atoms with E-state index in [1.54, 1.807) is 0 Å². The summed E-state index contributed by atoms with van der Waals surface area (Å²) in [7, 11) is 0. The highest BCUT2D eigenvalue weighted by molar-refractivity contribution is 5.34. The number of halogens is 17. The lowest BCUT2D eigenvalue weighted by Gasteiger charge is -2.42. The second-order valence-electron chi connectivity index (χ2n) is 7.01. The molecule has 0 aliphatic carbocycles. The molecule has 0 aromatic heterocycles. The lowest BCUT2D eigenvalue weighted by molar-refractivity contribution is -0.337. The zero-order valence-electron chi connectivity index (χ0n) is 20.0. The van der Waals surface area contributed by atoms with Crippen LogP contribution in [0.15, 0.2) is 0 Å². The Morgan fingerprint density at radius 1 is 0.245 bits per heavy atom. The quantitative estimate of drug-likeness (QED) is 0.231. The van der Waals surface area contributed by atoms with Gasteiger partial charge in [-0.15, -0.1) is 0 Å². The van der Waals surface area contributed by atoms with E-state index in [-0.39, 0.29) is 29.7 Å². The molecule has 0 rings (SSSR count). The van der Waals surface area contributed by atoms with Crippen LogP contribution in [0.2, 0.25) is 0 Å². The molecule has 0 saturated heterocycles. The van der Waals surface area contributed by atoms with Crippen LogP contribution in [0.25, 0.3) is 0 Å². The van der Waals surface area contributed by atoms with Crippen molar-refractivity contribution in [2.24, 2.45) is 5.41 Å². The maximum absolute atomic E-state index is 13.3. The molecule has 0 N–H and O–H groups in total. The highest BCUT2D eigenvalue weighted by Crippen LogP contribution is 2.64. The molecule has 49 heavy (non-hydrogen) atoms. The van der Waals surface area contributed by atoms with Crippen molar-refractivity contribution >= 4 is 0 Å². The Morgan fingerprint density at radius 2 is 0.388 bits per heavy atom. The van der Waals surface area contributed by atoms with E-state index in [4.69, 9.17) is 47.4 Å². The zero-order chi connectivity index (χ0) is 37.4. The topological polar surface area (TPSA) is 214 Å². The number of rotatable bonds is 7. The molecule has 0 aliphatic rings. The van der Waals surface area contributed by atoms with Crippen molar-refractivity contribution in [1.82, 2.24) is 0 Å². The first-order valence-corrected chi connectivity index (χ1v) is 9.23. The summed E-state index contributed by atoms with van der Waals surface area (Å²) in [6.45, 7) is 0. The minimum atomic E-state index is -6.49. The molecule has 0 amide bonds. The van der Waals surface area contributed by atoms with Gasteiger partial charge in [-0.1, -0.05) is 29.7 Å². The van der Waals surface area contributed by atoms with E-state index in [1.807, 2.05) is 0 Å². The van der Waals surface area contributed by atoms with Crippen molar-refractivity contribution < 1.29 is 74.6 Å². The molecule has 0 bridgehead atoms. The zero-order valence-corrected chi connectivity index (χ0v) is 20.0. The van der Waals surface area contributed by atoms with Crippen molar-refractivity contribution in [1.29, 1.82) is 47.4 Å². The van der Waals surface area contributed by atoms with Gasteiger partial charge in [0.25, 0.3) is 5.41 Å². The van der Waals surface area contributed by atoms with Gasteiger partial charge in [0.15, 0.2) is 12.1 Å². The SMILES string of the molecule is C.C.C.C.N#CC(F)(F)C#N.N#CC(F)(F)C(C(F)(F)C#N)(C(F)(F)C#N)C(F)(F)C#N.N#CC(F)(F)C(F)(C(F)(F)C#N)C(F)(F)C#N. The van der Waals surface area contributed by atoms with Crippen LogP contribution in [-0.2, 0) is 0 Å². The van der Waals surface area contributed by atoms with Gasteiger partial charge in [0.2, 0.25) is 0 Å². The van der Waals surface area contributed by atoms with Crippen LogP contribution in [0.4, 0.5) is 74.6 Å². The van der Waals surface area contributed by atoms with E-state index in [0.29, 0.717) is 12.1 Å². The third-order valence-electron chi connectivity index (χ3n) is 4.45. The molecule has 9 nitrogen and oxygen atoms in total. The molecule has 0 heterocycles. The maximum Gasteiger partial charge on any atom is 0.418 e. The van der Waals surface area contributed by atoms with E-state index < -0.39 is 101 Å². The minimum absolute atomic E-state index is 0. The predicted molar refractivity (Wildman–Crippen MR) is 123 cm³/mol. The summed E-state index contributed by atoms with van der Waals surface area (Å²) in [4.78, 5) is 0. The second-order valence-corrected chi connectivity index (χ2v) is 7.01. The molecule has 0 unspecified atom stereocenters. The normalized spacial score (nSPS) is 11.8. The summed E-state index contributed by atoms with van der Waals surface area (Å²) < 4.78 is 217. The predicted octanol–water partition coefficient (Wildman–Crippen LogP) is 7.99. The van der Waals surface area contributed by atoms with Crippen LogP contribution < -0.4 is 0 Å². The van der Waals surface area contributed by atoms with Crippen molar-refractivity contribution in [3.05, 3.63) is 0 Å². The van der Waals surface area contributed by atoms with Gasteiger partial charge < -0.3 is 0 Å². The summed E-state index contributed by atoms with van der Waals surface area (Å²) in [6, 6.07) is -2.32. The Hall–Kier alpha value is -5.78. The van der Waals surface area contributed by atoms with E-state index in [9.17, 15) is 74.6 Å². The van der Waals surface area contributed by atoms with E-state index in [1.165, 1.54) is 0 Å². The fourth-order valence-electron chi connectivity index (χ4n) is 2.37.